The Morgan fingerprint density at radius 2 is 2.20 bits per heavy atom. The molecule has 0 spiro atoms. The highest BCUT2D eigenvalue weighted by molar-refractivity contribution is 5.83. The van der Waals surface area contributed by atoms with Crippen LogP contribution in [0.2, 0.25) is 0 Å². The van der Waals surface area contributed by atoms with Crippen LogP contribution < -0.4 is 14.8 Å². The molecule has 1 aliphatic rings. The lowest BCUT2D eigenvalue weighted by molar-refractivity contribution is 0.0910. The fourth-order valence-corrected chi connectivity index (χ4v) is 3.87. The Hall–Kier alpha value is -3.50. The van der Waals surface area contributed by atoms with Crippen LogP contribution in [0.25, 0.3) is 22.0 Å². The number of nitrogens with zero attached hydrogens (tertiary/aromatic N) is 3. The summed E-state index contributed by atoms with van der Waals surface area (Å²) >= 11 is 0. The second-order valence-corrected chi connectivity index (χ2v) is 7.48. The van der Waals surface area contributed by atoms with E-state index in [1.807, 2.05) is 37.3 Å². The topological polar surface area (TPSA) is 85.2 Å². The van der Waals surface area contributed by atoms with E-state index >= 15 is 0 Å². The molecule has 2 aromatic carbocycles. The Kier molecular flexibility index (Phi) is 4.77. The maximum absolute atomic E-state index is 9.03. The molecule has 7 nitrogen and oxygen atoms in total. The molecule has 5 rings (SSSR count). The summed E-state index contributed by atoms with van der Waals surface area (Å²) in [5.74, 6) is 1.96. The third-order valence-electron chi connectivity index (χ3n) is 5.32. The van der Waals surface area contributed by atoms with Crippen molar-refractivity contribution in [1.29, 1.82) is 5.26 Å². The highest BCUT2D eigenvalue weighted by atomic mass is 16.6. The first-order chi connectivity index (χ1) is 14.7. The summed E-state index contributed by atoms with van der Waals surface area (Å²) in [6.45, 7) is 4.80. The lowest BCUT2D eigenvalue weighted by atomic mass is 10.2. The van der Waals surface area contributed by atoms with Gasteiger partial charge in [-0.25, -0.2) is 4.98 Å². The SMILES string of the molecule is Cc1nc2ccc3c(c2o1)OC(CNCCCn1ccc2cc(C#N)ccc21)CO3. The Morgan fingerprint density at radius 3 is 3.10 bits per heavy atom. The van der Waals surface area contributed by atoms with Crippen molar-refractivity contribution in [3.8, 4) is 17.6 Å². The van der Waals surface area contributed by atoms with Crippen molar-refractivity contribution < 1.29 is 13.9 Å². The lowest BCUT2D eigenvalue weighted by Gasteiger charge is -2.26. The standard InChI is InChI=1S/C23H22N4O3/c1-15-26-19-4-6-21-23(22(19)29-15)30-18(14-28-21)13-25-8-2-9-27-10-7-17-11-16(12-24)3-5-20(17)27/h3-7,10-11,18,25H,2,8-9,13-14H2,1H3. The predicted octanol–water partition coefficient (Wildman–Crippen LogP) is 3.78. The van der Waals surface area contributed by atoms with Crippen molar-refractivity contribution in [2.24, 2.45) is 0 Å². The van der Waals surface area contributed by atoms with Crippen LogP contribution in [0.5, 0.6) is 11.5 Å². The molecule has 30 heavy (non-hydrogen) atoms. The molecule has 2 aromatic heterocycles. The number of fused-ring (bicyclic) bond motifs is 4. The van der Waals surface area contributed by atoms with Crippen LogP contribution in [0.1, 0.15) is 17.9 Å². The molecule has 152 valence electrons. The van der Waals surface area contributed by atoms with E-state index in [1.54, 1.807) is 0 Å². The smallest absolute Gasteiger partial charge is 0.207 e. The molecule has 0 saturated carbocycles. The molecule has 0 amide bonds. The van der Waals surface area contributed by atoms with Gasteiger partial charge >= 0.3 is 0 Å². The van der Waals surface area contributed by atoms with Crippen LogP contribution in [0.4, 0.5) is 0 Å². The first-order valence-electron chi connectivity index (χ1n) is 10.1. The van der Waals surface area contributed by atoms with Gasteiger partial charge in [0.2, 0.25) is 11.3 Å². The zero-order valence-electron chi connectivity index (χ0n) is 16.7. The van der Waals surface area contributed by atoms with Crippen molar-refractivity contribution in [3.05, 3.63) is 54.0 Å². The molecule has 0 fully saturated rings. The van der Waals surface area contributed by atoms with E-state index < -0.39 is 0 Å². The molecule has 0 aliphatic carbocycles. The van der Waals surface area contributed by atoms with Gasteiger partial charge in [-0.15, -0.1) is 0 Å². The lowest BCUT2D eigenvalue weighted by Crippen LogP contribution is -2.39. The van der Waals surface area contributed by atoms with Crippen LogP contribution in [0.15, 0.2) is 47.0 Å². The number of rotatable bonds is 6. The van der Waals surface area contributed by atoms with E-state index in [2.05, 4.69) is 33.2 Å². The van der Waals surface area contributed by atoms with Gasteiger partial charge in [0.15, 0.2) is 11.6 Å². The molecule has 1 aliphatic heterocycles. The minimum atomic E-state index is -0.0784. The van der Waals surface area contributed by atoms with Crippen LogP contribution in [0, 0.1) is 18.3 Å². The fourth-order valence-electron chi connectivity index (χ4n) is 3.87. The number of nitriles is 1. The zero-order valence-corrected chi connectivity index (χ0v) is 16.7. The molecule has 1 atom stereocenters. The highest BCUT2D eigenvalue weighted by Crippen LogP contribution is 2.39. The number of hydrogen-bond donors (Lipinski definition) is 1. The molecule has 1 unspecified atom stereocenters. The Balaban J connectivity index is 1.14. The van der Waals surface area contributed by atoms with Gasteiger partial charge in [-0.1, -0.05) is 0 Å². The molecular formula is C23H22N4O3. The van der Waals surface area contributed by atoms with Crippen LogP contribution >= 0.6 is 0 Å². The van der Waals surface area contributed by atoms with E-state index in [-0.39, 0.29) is 6.10 Å². The van der Waals surface area contributed by atoms with Gasteiger partial charge in [0.05, 0.1) is 11.6 Å². The minimum absolute atomic E-state index is 0.0784. The maximum Gasteiger partial charge on any atom is 0.207 e. The quantitative estimate of drug-likeness (QED) is 0.494. The van der Waals surface area contributed by atoms with Gasteiger partial charge in [0.25, 0.3) is 0 Å². The maximum atomic E-state index is 9.03. The van der Waals surface area contributed by atoms with Crippen molar-refractivity contribution in [2.75, 3.05) is 19.7 Å². The van der Waals surface area contributed by atoms with E-state index in [1.165, 1.54) is 0 Å². The normalized spacial score (nSPS) is 15.5. The molecule has 0 radical (unpaired) electrons. The number of oxazole rings is 1. The van der Waals surface area contributed by atoms with Crippen LogP contribution in [-0.2, 0) is 6.54 Å². The fraction of sp³-hybridized carbons (Fsp3) is 0.304. The number of ether oxygens (including phenoxy) is 2. The molecule has 4 aromatic rings. The summed E-state index contributed by atoms with van der Waals surface area (Å²) in [6.07, 6.45) is 2.98. The number of benzene rings is 2. The Labute approximate surface area is 173 Å². The third-order valence-corrected chi connectivity index (χ3v) is 5.32. The van der Waals surface area contributed by atoms with E-state index in [9.17, 15) is 0 Å². The summed E-state index contributed by atoms with van der Waals surface area (Å²) in [5, 5.41) is 13.6. The molecular weight excluding hydrogens is 380 g/mol. The number of aryl methyl sites for hydroxylation is 2. The second kappa shape index (κ2) is 7.73. The predicted molar refractivity (Wildman–Crippen MR) is 113 cm³/mol. The first kappa shape index (κ1) is 18.5. The van der Waals surface area contributed by atoms with Crippen LogP contribution in [0.3, 0.4) is 0 Å². The van der Waals surface area contributed by atoms with E-state index in [0.29, 0.717) is 41.7 Å². The summed E-state index contributed by atoms with van der Waals surface area (Å²) in [4.78, 5) is 4.35. The zero-order chi connectivity index (χ0) is 20.5. The van der Waals surface area contributed by atoms with Gasteiger partial charge in [-0.05, 0) is 49.4 Å². The largest absolute Gasteiger partial charge is 0.486 e. The number of nitrogens with one attached hydrogen (secondary N) is 1. The Bertz CT molecular complexity index is 1250. The summed E-state index contributed by atoms with van der Waals surface area (Å²) in [5.41, 5.74) is 3.27. The van der Waals surface area contributed by atoms with Crippen molar-refractivity contribution in [1.82, 2.24) is 14.9 Å². The van der Waals surface area contributed by atoms with Crippen molar-refractivity contribution in [3.63, 3.8) is 0 Å². The van der Waals surface area contributed by atoms with Gasteiger partial charge in [-0.3, -0.25) is 0 Å². The summed E-state index contributed by atoms with van der Waals surface area (Å²) < 4.78 is 19.9. The van der Waals surface area contributed by atoms with Crippen molar-refractivity contribution >= 4 is 22.0 Å². The van der Waals surface area contributed by atoms with Gasteiger partial charge < -0.3 is 23.8 Å². The van der Waals surface area contributed by atoms with Gasteiger partial charge in [-0.2, -0.15) is 5.26 Å². The molecule has 1 N–H and O–H groups in total. The average molecular weight is 402 g/mol. The summed E-state index contributed by atoms with van der Waals surface area (Å²) in [7, 11) is 0. The highest BCUT2D eigenvalue weighted by Gasteiger charge is 2.25. The minimum Gasteiger partial charge on any atom is -0.486 e. The average Bonchev–Trinajstić information content (AvgIpc) is 3.35. The first-order valence-corrected chi connectivity index (χ1v) is 10.1. The monoisotopic (exact) mass is 402 g/mol. The summed E-state index contributed by atoms with van der Waals surface area (Å²) in [6, 6.07) is 13.8. The third kappa shape index (κ3) is 3.46. The van der Waals surface area contributed by atoms with E-state index in [0.717, 1.165) is 35.9 Å². The Morgan fingerprint density at radius 1 is 1.27 bits per heavy atom. The van der Waals surface area contributed by atoms with E-state index in [4.69, 9.17) is 19.2 Å². The number of aromatic nitrogens is 2. The molecule has 0 saturated heterocycles. The van der Waals surface area contributed by atoms with Crippen LogP contribution in [-0.4, -0.2) is 35.4 Å². The van der Waals surface area contributed by atoms with Gasteiger partial charge in [0, 0.05) is 37.1 Å². The molecule has 3 heterocycles. The molecule has 7 heteroatoms. The van der Waals surface area contributed by atoms with Crippen molar-refractivity contribution in [2.45, 2.75) is 26.0 Å². The number of hydrogen-bond acceptors (Lipinski definition) is 6. The van der Waals surface area contributed by atoms with Gasteiger partial charge in [0.1, 0.15) is 18.2 Å². The molecule has 0 bridgehead atoms. The second-order valence-electron chi connectivity index (χ2n) is 7.48.